The molecule has 0 aromatic heterocycles. The molecule has 0 saturated carbocycles. The average molecular weight is 426 g/mol. The molecular formula is C19H27N3O6S. The molecular weight excluding hydrogens is 398 g/mol. The highest BCUT2D eigenvalue weighted by Crippen LogP contribution is 2.17. The van der Waals surface area contributed by atoms with Gasteiger partial charge in [0, 0.05) is 26.2 Å². The summed E-state index contributed by atoms with van der Waals surface area (Å²) in [6.45, 7) is 1.85. The molecule has 2 fully saturated rings. The van der Waals surface area contributed by atoms with Crippen molar-refractivity contribution in [3.05, 3.63) is 35.9 Å². The van der Waals surface area contributed by atoms with E-state index in [0.29, 0.717) is 39.0 Å². The molecule has 0 spiro atoms. The third kappa shape index (κ3) is 6.41. The van der Waals surface area contributed by atoms with Crippen LogP contribution in [0.1, 0.15) is 18.4 Å². The van der Waals surface area contributed by atoms with Crippen molar-refractivity contribution >= 4 is 22.0 Å². The molecule has 3 rings (SSSR count). The first kappa shape index (κ1) is 21.5. The number of nitrogens with one attached hydrogen (secondary N) is 1. The van der Waals surface area contributed by atoms with Gasteiger partial charge in [-0.1, -0.05) is 30.3 Å². The van der Waals surface area contributed by atoms with Gasteiger partial charge in [-0.25, -0.2) is 17.5 Å². The van der Waals surface area contributed by atoms with Gasteiger partial charge in [-0.2, -0.15) is 0 Å². The third-order valence-corrected chi connectivity index (χ3v) is 6.38. The van der Waals surface area contributed by atoms with Gasteiger partial charge in [-0.15, -0.1) is 0 Å². The van der Waals surface area contributed by atoms with Gasteiger partial charge in [0.1, 0.15) is 13.2 Å². The number of amides is 2. The molecule has 2 amide bonds. The van der Waals surface area contributed by atoms with E-state index in [1.807, 2.05) is 30.3 Å². The summed E-state index contributed by atoms with van der Waals surface area (Å²) in [5, 5.41) is 2.74. The van der Waals surface area contributed by atoms with Crippen LogP contribution in [0.3, 0.4) is 0 Å². The van der Waals surface area contributed by atoms with E-state index in [1.54, 1.807) is 4.90 Å². The van der Waals surface area contributed by atoms with Crippen molar-refractivity contribution < 1.29 is 27.5 Å². The molecule has 0 unspecified atom stereocenters. The van der Waals surface area contributed by atoms with Gasteiger partial charge in [0.05, 0.1) is 18.4 Å². The van der Waals surface area contributed by atoms with Crippen molar-refractivity contribution in [3.63, 3.8) is 0 Å². The van der Waals surface area contributed by atoms with Crippen LogP contribution in [-0.4, -0.2) is 80.8 Å². The Hall–Kier alpha value is -2.17. The summed E-state index contributed by atoms with van der Waals surface area (Å²) < 4.78 is 35.2. The lowest BCUT2D eigenvalue weighted by Gasteiger charge is -2.39. The predicted molar refractivity (Wildman–Crippen MR) is 106 cm³/mol. The van der Waals surface area contributed by atoms with E-state index in [4.69, 9.17) is 9.47 Å². The van der Waals surface area contributed by atoms with Crippen LogP contribution < -0.4 is 5.32 Å². The minimum absolute atomic E-state index is 0.0330. The molecule has 2 aliphatic heterocycles. The summed E-state index contributed by atoms with van der Waals surface area (Å²) in [6.07, 6.45) is 1.75. The normalized spacial score (nSPS) is 18.9. The number of nitrogens with zero attached hydrogens (tertiary/aromatic N) is 2. The Kier molecular flexibility index (Phi) is 7.09. The fourth-order valence-electron chi connectivity index (χ4n) is 3.32. The van der Waals surface area contributed by atoms with Crippen LogP contribution in [0.2, 0.25) is 0 Å². The fourth-order valence-corrected chi connectivity index (χ4v) is 4.19. The van der Waals surface area contributed by atoms with E-state index in [2.05, 4.69) is 5.32 Å². The molecule has 2 heterocycles. The number of sulfonamides is 1. The number of hydrogen-bond donors (Lipinski definition) is 1. The number of carbonyl (C=O) groups is 2. The number of rotatable bonds is 7. The van der Waals surface area contributed by atoms with Crippen molar-refractivity contribution in [2.45, 2.75) is 31.6 Å². The van der Waals surface area contributed by atoms with Crippen LogP contribution in [0.25, 0.3) is 0 Å². The SMILES string of the molecule is CS(=O)(=O)N1CCC(OCC(=O)N2CC(NC(=O)OCc3ccccc3)C2)CC1. The lowest BCUT2D eigenvalue weighted by Crippen LogP contribution is -2.61. The molecule has 1 aromatic rings. The minimum Gasteiger partial charge on any atom is -0.445 e. The molecule has 0 bridgehead atoms. The highest BCUT2D eigenvalue weighted by molar-refractivity contribution is 7.88. The second-order valence-corrected chi connectivity index (χ2v) is 9.36. The monoisotopic (exact) mass is 425 g/mol. The number of ether oxygens (including phenoxy) is 2. The molecule has 0 aliphatic carbocycles. The van der Waals surface area contributed by atoms with Crippen LogP contribution >= 0.6 is 0 Å². The Morgan fingerprint density at radius 1 is 1.14 bits per heavy atom. The maximum absolute atomic E-state index is 12.2. The minimum atomic E-state index is -3.17. The molecule has 160 valence electrons. The molecule has 2 saturated heterocycles. The topological polar surface area (TPSA) is 105 Å². The third-order valence-electron chi connectivity index (χ3n) is 5.08. The smallest absolute Gasteiger partial charge is 0.407 e. The van der Waals surface area contributed by atoms with E-state index < -0.39 is 16.1 Å². The highest BCUT2D eigenvalue weighted by atomic mass is 32.2. The zero-order chi connectivity index (χ0) is 20.9. The maximum Gasteiger partial charge on any atom is 0.407 e. The average Bonchev–Trinajstić information content (AvgIpc) is 2.67. The number of hydrogen-bond acceptors (Lipinski definition) is 6. The maximum atomic E-state index is 12.2. The molecule has 1 N–H and O–H groups in total. The first-order chi connectivity index (χ1) is 13.8. The first-order valence-corrected chi connectivity index (χ1v) is 11.5. The van der Waals surface area contributed by atoms with Crippen LogP contribution in [0, 0.1) is 0 Å². The standard InChI is InChI=1S/C19H27N3O6S/c1-29(25,26)22-9-7-17(8-10-22)27-14-18(23)21-11-16(12-21)20-19(24)28-13-15-5-3-2-4-6-15/h2-6,16-17H,7-14H2,1H3,(H,20,24). The molecule has 29 heavy (non-hydrogen) atoms. The van der Waals surface area contributed by atoms with E-state index in [9.17, 15) is 18.0 Å². The fraction of sp³-hybridized carbons (Fsp3) is 0.579. The Balaban J connectivity index is 1.28. The number of piperidine rings is 1. The Morgan fingerprint density at radius 2 is 1.79 bits per heavy atom. The van der Waals surface area contributed by atoms with Crippen molar-refractivity contribution in [1.29, 1.82) is 0 Å². The van der Waals surface area contributed by atoms with Crippen LogP contribution in [0.15, 0.2) is 30.3 Å². The lowest BCUT2D eigenvalue weighted by atomic mass is 10.1. The molecule has 10 heteroatoms. The summed E-state index contributed by atoms with van der Waals surface area (Å²) >= 11 is 0. The summed E-state index contributed by atoms with van der Waals surface area (Å²) in [5.74, 6) is -0.133. The van der Waals surface area contributed by atoms with Gasteiger partial charge in [0.25, 0.3) is 0 Å². The molecule has 0 radical (unpaired) electrons. The Labute approximate surface area is 171 Å². The van der Waals surface area contributed by atoms with Crippen LogP contribution in [0.4, 0.5) is 4.79 Å². The summed E-state index contributed by atoms with van der Waals surface area (Å²) in [7, 11) is -3.17. The van der Waals surface area contributed by atoms with E-state index in [0.717, 1.165) is 5.56 Å². The number of alkyl carbamates (subject to hydrolysis) is 1. The highest BCUT2D eigenvalue weighted by Gasteiger charge is 2.33. The van der Waals surface area contributed by atoms with E-state index in [-0.39, 0.29) is 31.3 Å². The van der Waals surface area contributed by atoms with Gasteiger partial charge < -0.3 is 19.7 Å². The van der Waals surface area contributed by atoms with Gasteiger partial charge in [-0.05, 0) is 18.4 Å². The zero-order valence-corrected chi connectivity index (χ0v) is 17.3. The summed E-state index contributed by atoms with van der Waals surface area (Å²) in [6, 6.07) is 9.28. The molecule has 9 nitrogen and oxygen atoms in total. The molecule has 1 aromatic carbocycles. The van der Waals surface area contributed by atoms with Gasteiger partial charge in [0.15, 0.2) is 0 Å². The zero-order valence-electron chi connectivity index (χ0n) is 16.5. The quantitative estimate of drug-likeness (QED) is 0.685. The Bertz CT molecular complexity index is 802. The molecule has 2 aliphatic rings. The second-order valence-electron chi connectivity index (χ2n) is 7.37. The predicted octanol–water partition coefficient (Wildman–Crippen LogP) is 0.564. The van der Waals surface area contributed by atoms with Crippen molar-refractivity contribution in [2.75, 3.05) is 39.0 Å². The van der Waals surface area contributed by atoms with Crippen molar-refractivity contribution in [2.24, 2.45) is 0 Å². The molecule has 0 atom stereocenters. The number of carbonyl (C=O) groups excluding carboxylic acids is 2. The van der Waals surface area contributed by atoms with Gasteiger partial charge in [0.2, 0.25) is 15.9 Å². The van der Waals surface area contributed by atoms with Crippen molar-refractivity contribution in [1.82, 2.24) is 14.5 Å². The Morgan fingerprint density at radius 3 is 2.41 bits per heavy atom. The van der Waals surface area contributed by atoms with Crippen molar-refractivity contribution in [3.8, 4) is 0 Å². The number of benzene rings is 1. The van der Waals surface area contributed by atoms with E-state index in [1.165, 1.54) is 10.6 Å². The summed E-state index contributed by atoms with van der Waals surface area (Å²) in [4.78, 5) is 25.6. The van der Waals surface area contributed by atoms with Gasteiger partial charge in [-0.3, -0.25) is 4.79 Å². The van der Waals surface area contributed by atoms with Crippen LogP contribution in [0.5, 0.6) is 0 Å². The first-order valence-electron chi connectivity index (χ1n) is 9.63. The largest absolute Gasteiger partial charge is 0.445 e. The lowest BCUT2D eigenvalue weighted by molar-refractivity contribution is -0.143. The summed E-state index contributed by atoms with van der Waals surface area (Å²) in [5.41, 5.74) is 0.910. The second kappa shape index (κ2) is 9.55. The van der Waals surface area contributed by atoms with E-state index >= 15 is 0 Å². The van der Waals surface area contributed by atoms with Gasteiger partial charge >= 0.3 is 6.09 Å². The number of likely N-dealkylation sites (tertiary alicyclic amines) is 1. The van der Waals surface area contributed by atoms with Crippen LogP contribution in [-0.2, 0) is 30.9 Å².